The Labute approximate surface area is 157 Å². The van der Waals surface area contributed by atoms with Crippen molar-refractivity contribution in [1.82, 2.24) is 19.8 Å². The van der Waals surface area contributed by atoms with E-state index in [1.165, 1.54) is 4.57 Å². The van der Waals surface area contributed by atoms with E-state index < -0.39 is 5.60 Å². The molecule has 1 unspecified atom stereocenters. The van der Waals surface area contributed by atoms with Gasteiger partial charge in [-0.25, -0.2) is 4.98 Å². The van der Waals surface area contributed by atoms with E-state index >= 15 is 0 Å². The number of aryl methyl sites for hydroxylation is 1. The molecule has 3 rings (SSSR count). The number of piperazine rings is 1. The zero-order chi connectivity index (χ0) is 19.4. The molecular weight excluding hydrogens is 348 g/mol. The van der Waals surface area contributed by atoms with Gasteiger partial charge >= 0.3 is 0 Å². The van der Waals surface area contributed by atoms with Gasteiger partial charge in [0.2, 0.25) is 0 Å². The van der Waals surface area contributed by atoms with Gasteiger partial charge in [0.25, 0.3) is 5.56 Å². The highest BCUT2D eigenvalue weighted by Gasteiger charge is 2.28. The topological polar surface area (TPSA) is 99.1 Å². The Balaban J connectivity index is 1.59. The van der Waals surface area contributed by atoms with Gasteiger partial charge in [-0.15, -0.1) is 0 Å². The van der Waals surface area contributed by atoms with E-state index in [2.05, 4.69) is 20.2 Å². The Morgan fingerprint density at radius 3 is 2.78 bits per heavy atom. The van der Waals surface area contributed by atoms with Crippen LogP contribution in [0.3, 0.4) is 0 Å². The average Bonchev–Trinajstić information content (AvgIpc) is 3.21. The van der Waals surface area contributed by atoms with Crippen LogP contribution in [0.1, 0.15) is 12.7 Å². The van der Waals surface area contributed by atoms with Crippen molar-refractivity contribution in [3.63, 3.8) is 0 Å². The molecule has 9 heteroatoms. The van der Waals surface area contributed by atoms with Gasteiger partial charge in [-0.1, -0.05) is 0 Å². The summed E-state index contributed by atoms with van der Waals surface area (Å²) in [5.41, 5.74) is -1.23. The number of furan rings is 1. The predicted molar refractivity (Wildman–Crippen MR) is 103 cm³/mol. The van der Waals surface area contributed by atoms with Crippen LogP contribution in [0.25, 0.3) is 0 Å². The summed E-state index contributed by atoms with van der Waals surface area (Å²) < 4.78 is 6.84. The minimum atomic E-state index is -1.14. The number of hydrogen-bond donors (Lipinski definition) is 2. The van der Waals surface area contributed by atoms with Crippen LogP contribution in [0.2, 0.25) is 0 Å². The largest absolute Gasteiger partial charge is 0.466 e. The molecule has 27 heavy (non-hydrogen) atoms. The monoisotopic (exact) mass is 374 g/mol. The molecule has 1 saturated heterocycles. The molecule has 2 aromatic rings. The van der Waals surface area contributed by atoms with Crippen molar-refractivity contribution in [2.45, 2.75) is 12.5 Å². The van der Waals surface area contributed by atoms with Crippen LogP contribution in [-0.4, -0.2) is 65.3 Å². The number of rotatable bonds is 4. The molecule has 2 N–H and O–H groups in total. The second-order valence-electron chi connectivity index (χ2n) is 6.79. The highest BCUT2D eigenvalue weighted by Crippen LogP contribution is 2.20. The van der Waals surface area contributed by atoms with E-state index in [4.69, 9.17) is 4.42 Å². The number of nitrogens with zero attached hydrogens (tertiary/aromatic N) is 5. The maximum Gasteiger partial charge on any atom is 0.293 e. The van der Waals surface area contributed by atoms with E-state index in [1.807, 2.05) is 4.90 Å². The summed E-state index contributed by atoms with van der Waals surface area (Å²) in [6.07, 6.45) is 4.83. The number of anilines is 1. The maximum atomic E-state index is 12.2. The summed E-state index contributed by atoms with van der Waals surface area (Å²) in [5.74, 6) is 1.68. The zero-order valence-corrected chi connectivity index (χ0v) is 15.9. The van der Waals surface area contributed by atoms with Gasteiger partial charge < -0.3 is 29.2 Å². The van der Waals surface area contributed by atoms with Gasteiger partial charge in [-0.05, 0) is 19.1 Å². The lowest BCUT2D eigenvalue weighted by Gasteiger charge is -2.37. The van der Waals surface area contributed by atoms with Gasteiger partial charge in [0.15, 0.2) is 11.8 Å². The van der Waals surface area contributed by atoms with Crippen molar-refractivity contribution in [1.29, 1.82) is 0 Å². The molecule has 3 heterocycles. The number of aliphatic hydroxyl groups is 1. The van der Waals surface area contributed by atoms with Crippen LogP contribution in [0.4, 0.5) is 5.82 Å². The van der Waals surface area contributed by atoms with Gasteiger partial charge in [0.05, 0.1) is 12.8 Å². The van der Waals surface area contributed by atoms with Gasteiger partial charge in [0.1, 0.15) is 11.4 Å². The molecule has 9 nitrogen and oxygen atoms in total. The first kappa shape index (κ1) is 19.0. The summed E-state index contributed by atoms with van der Waals surface area (Å²) in [6.45, 7) is 4.70. The van der Waals surface area contributed by atoms with E-state index in [0.717, 1.165) is 0 Å². The summed E-state index contributed by atoms with van der Waals surface area (Å²) >= 11 is 0. The van der Waals surface area contributed by atoms with Crippen LogP contribution in [0.15, 0.2) is 45.0 Å². The SMILES string of the molecule is CN=C(NCC(C)(O)c1ccco1)N1CCN(c2nccn(C)c2=O)CC1. The van der Waals surface area contributed by atoms with E-state index in [-0.39, 0.29) is 12.1 Å². The first-order chi connectivity index (χ1) is 12.9. The minimum Gasteiger partial charge on any atom is -0.466 e. The van der Waals surface area contributed by atoms with Crippen molar-refractivity contribution in [3.05, 3.63) is 46.9 Å². The number of aliphatic imine (C=N–C) groups is 1. The molecule has 1 aliphatic rings. The van der Waals surface area contributed by atoms with E-state index in [9.17, 15) is 9.90 Å². The van der Waals surface area contributed by atoms with E-state index in [0.29, 0.717) is 43.7 Å². The molecular formula is C18H26N6O3. The number of aromatic nitrogens is 2. The highest BCUT2D eigenvalue weighted by molar-refractivity contribution is 5.80. The molecule has 2 aromatic heterocycles. The van der Waals surface area contributed by atoms with Gasteiger partial charge in [0, 0.05) is 52.7 Å². The van der Waals surface area contributed by atoms with Crippen LogP contribution in [0, 0.1) is 0 Å². The van der Waals surface area contributed by atoms with Crippen molar-refractivity contribution in [3.8, 4) is 0 Å². The predicted octanol–water partition coefficient (Wildman–Crippen LogP) is -0.0216. The Hall–Kier alpha value is -2.81. The van der Waals surface area contributed by atoms with Crippen molar-refractivity contribution in [2.24, 2.45) is 12.0 Å². The standard InChI is InChI=1S/C18H26N6O3/c1-18(26,14-5-4-12-27-14)13-21-17(19-2)24-10-8-23(9-11-24)15-16(25)22(3)7-6-20-15/h4-7,12,26H,8-11,13H2,1-3H3,(H,19,21). The molecule has 146 valence electrons. The highest BCUT2D eigenvalue weighted by atomic mass is 16.4. The van der Waals surface area contributed by atoms with Crippen molar-refractivity contribution >= 4 is 11.8 Å². The lowest BCUT2D eigenvalue weighted by Crippen LogP contribution is -2.55. The third kappa shape index (κ3) is 4.13. The summed E-state index contributed by atoms with van der Waals surface area (Å²) in [5, 5.41) is 13.8. The van der Waals surface area contributed by atoms with Crippen LogP contribution in [0.5, 0.6) is 0 Å². The van der Waals surface area contributed by atoms with Gasteiger partial charge in [-0.2, -0.15) is 0 Å². The molecule has 1 atom stereocenters. The van der Waals surface area contributed by atoms with Crippen molar-refractivity contribution < 1.29 is 9.52 Å². The zero-order valence-electron chi connectivity index (χ0n) is 15.9. The third-order valence-electron chi connectivity index (χ3n) is 4.73. The maximum absolute atomic E-state index is 12.2. The quantitative estimate of drug-likeness (QED) is 0.573. The molecule has 1 fully saturated rings. The fraction of sp³-hybridized carbons (Fsp3) is 0.500. The van der Waals surface area contributed by atoms with Crippen LogP contribution < -0.4 is 15.8 Å². The molecule has 0 aliphatic carbocycles. The first-order valence-electron chi connectivity index (χ1n) is 8.91. The molecule has 0 radical (unpaired) electrons. The smallest absolute Gasteiger partial charge is 0.293 e. The molecule has 0 amide bonds. The lowest BCUT2D eigenvalue weighted by atomic mass is 10.0. The fourth-order valence-electron chi connectivity index (χ4n) is 3.09. The first-order valence-corrected chi connectivity index (χ1v) is 8.91. The molecule has 1 aliphatic heterocycles. The molecule has 0 aromatic carbocycles. The second-order valence-corrected chi connectivity index (χ2v) is 6.79. The molecule has 0 saturated carbocycles. The Bertz CT molecular complexity index is 835. The Morgan fingerprint density at radius 2 is 2.15 bits per heavy atom. The summed E-state index contributed by atoms with van der Waals surface area (Å²) in [6, 6.07) is 3.50. The van der Waals surface area contributed by atoms with Gasteiger partial charge in [-0.3, -0.25) is 9.79 Å². The Kier molecular flexibility index (Phi) is 5.50. The fourth-order valence-corrected chi connectivity index (χ4v) is 3.09. The second kappa shape index (κ2) is 7.83. The Morgan fingerprint density at radius 1 is 1.41 bits per heavy atom. The lowest BCUT2D eigenvalue weighted by molar-refractivity contribution is 0.0379. The normalized spacial score (nSPS) is 17.7. The number of nitrogens with one attached hydrogen (secondary N) is 1. The minimum absolute atomic E-state index is 0.0945. The van der Waals surface area contributed by atoms with Crippen LogP contribution >= 0.6 is 0 Å². The molecule has 0 spiro atoms. The average molecular weight is 374 g/mol. The summed E-state index contributed by atoms with van der Waals surface area (Å²) in [4.78, 5) is 24.9. The summed E-state index contributed by atoms with van der Waals surface area (Å²) in [7, 11) is 3.44. The number of guanidine groups is 1. The third-order valence-corrected chi connectivity index (χ3v) is 4.73. The molecule has 0 bridgehead atoms. The van der Waals surface area contributed by atoms with Crippen molar-refractivity contribution in [2.75, 3.05) is 44.7 Å². The van der Waals surface area contributed by atoms with E-state index in [1.54, 1.807) is 51.8 Å². The van der Waals surface area contributed by atoms with Crippen LogP contribution in [-0.2, 0) is 12.6 Å². The number of hydrogen-bond acceptors (Lipinski definition) is 6.